The number of aryl methyl sites for hydroxylation is 1. The highest BCUT2D eigenvalue weighted by Gasteiger charge is 2.31. The van der Waals surface area contributed by atoms with E-state index in [1.165, 1.54) is 18.5 Å². The molecule has 0 unspecified atom stereocenters. The molecule has 3 atom stereocenters. The minimum absolute atomic E-state index is 0.0372. The van der Waals surface area contributed by atoms with Crippen LogP contribution in [0.1, 0.15) is 17.7 Å². The highest BCUT2D eigenvalue weighted by Crippen LogP contribution is 2.18. The summed E-state index contributed by atoms with van der Waals surface area (Å²) in [4.78, 5) is 20.1. The first-order chi connectivity index (χ1) is 14.4. The number of aliphatic hydroxyl groups is 1. The van der Waals surface area contributed by atoms with Gasteiger partial charge in [-0.15, -0.1) is 0 Å². The maximum atomic E-state index is 12.6. The molecule has 2 heterocycles. The second kappa shape index (κ2) is 9.90. The van der Waals surface area contributed by atoms with Gasteiger partial charge in [0.15, 0.2) is 0 Å². The van der Waals surface area contributed by atoms with Crippen molar-refractivity contribution < 1.29 is 23.1 Å². The molecule has 0 aliphatic carbocycles. The van der Waals surface area contributed by atoms with Crippen LogP contribution in [0.15, 0.2) is 59.9 Å². The SMILES string of the molecule is Cc1ccc(S(=O)(=O)N[C@H]2C=C[C@@H](CC(=O)NCc3ccncn3)O[C@H]2CO)cc1. The van der Waals surface area contributed by atoms with Crippen LogP contribution in [0.2, 0.25) is 0 Å². The molecule has 9 nitrogen and oxygen atoms in total. The molecule has 1 aromatic heterocycles. The van der Waals surface area contributed by atoms with Crippen molar-refractivity contribution >= 4 is 15.9 Å². The minimum atomic E-state index is -3.78. The average Bonchev–Trinajstić information content (AvgIpc) is 2.74. The van der Waals surface area contributed by atoms with Crippen LogP contribution in [0, 0.1) is 6.92 Å². The van der Waals surface area contributed by atoms with Gasteiger partial charge in [-0.05, 0) is 25.1 Å². The monoisotopic (exact) mass is 432 g/mol. The number of carbonyl (C=O) groups excluding carboxylic acids is 1. The van der Waals surface area contributed by atoms with E-state index in [1.807, 2.05) is 6.92 Å². The highest BCUT2D eigenvalue weighted by molar-refractivity contribution is 7.89. The molecule has 2 aromatic rings. The molecule has 10 heteroatoms. The lowest BCUT2D eigenvalue weighted by atomic mass is 10.1. The molecule has 1 amide bonds. The second-order valence-corrected chi connectivity index (χ2v) is 8.64. The predicted molar refractivity (Wildman–Crippen MR) is 109 cm³/mol. The average molecular weight is 433 g/mol. The molecule has 3 rings (SSSR count). The number of rotatable bonds is 8. The van der Waals surface area contributed by atoms with Crippen molar-refractivity contribution in [3.05, 3.63) is 66.3 Å². The number of aromatic nitrogens is 2. The van der Waals surface area contributed by atoms with Gasteiger partial charge in [0, 0.05) is 6.20 Å². The van der Waals surface area contributed by atoms with Crippen molar-refractivity contribution in [2.45, 2.75) is 43.0 Å². The van der Waals surface area contributed by atoms with Gasteiger partial charge in [-0.3, -0.25) is 4.79 Å². The summed E-state index contributed by atoms with van der Waals surface area (Å²) in [6.07, 6.45) is 4.87. The zero-order chi connectivity index (χ0) is 21.6. The van der Waals surface area contributed by atoms with Gasteiger partial charge in [0.05, 0.1) is 42.3 Å². The molecule has 0 spiro atoms. The predicted octanol–water partition coefficient (Wildman–Crippen LogP) is 0.454. The normalized spacial score (nSPS) is 21.3. The van der Waals surface area contributed by atoms with Crippen molar-refractivity contribution in [3.63, 3.8) is 0 Å². The number of aliphatic hydroxyl groups excluding tert-OH is 1. The molecule has 0 radical (unpaired) electrons. The molecule has 0 saturated carbocycles. The van der Waals surface area contributed by atoms with Crippen molar-refractivity contribution in [1.29, 1.82) is 0 Å². The molecule has 0 saturated heterocycles. The topological polar surface area (TPSA) is 131 Å². The Hall–Kier alpha value is -2.66. The Kier molecular flexibility index (Phi) is 7.27. The van der Waals surface area contributed by atoms with Gasteiger partial charge >= 0.3 is 0 Å². The van der Waals surface area contributed by atoms with Crippen LogP contribution >= 0.6 is 0 Å². The molecule has 3 N–H and O–H groups in total. The van der Waals surface area contributed by atoms with E-state index in [4.69, 9.17) is 4.74 Å². The molecule has 0 fully saturated rings. The number of carbonyl (C=O) groups is 1. The van der Waals surface area contributed by atoms with Gasteiger partial charge < -0.3 is 15.2 Å². The van der Waals surface area contributed by atoms with E-state index in [0.29, 0.717) is 5.69 Å². The number of nitrogens with zero attached hydrogens (tertiary/aromatic N) is 2. The number of amides is 1. The third-order valence-corrected chi connectivity index (χ3v) is 6.06. The highest BCUT2D eigenvalue weighted by atomic mass is 32.2. The maximum Gasteiger partial charge on any atom is 0.241 e. The van der Waals surface area contributed by atoms with E-state index in [9.17, 15) is 18.3 Å². The number of hydrogen-bond acceptors (Lipinski definition) is 7. The Morgan fingerprint density at radius 2 is 1.97 bits per heavy atom. The zero-order valence-corrected chi connectivity index (χ0v) is 17.2. The quantitative estimate of drug-likeness (QED) is 0.517. The fourth-order valence-corrected chi connectivity index (χ4v) is 4.16. The lowest BCUT2D eigenvalue weighted by molar-refractivity contribution is -0.125. The summed E-state index contributed by atoms with van der Waals surface area (Å²) in [6, 6.07) is 7.40. The van der Waals surface area contributed by atoms with Crippen LogP contribution in [0.3, 0.4) is 0 Å². The summed E-state index contributed by atoms with van der Waals surface area (Å²) in [5.41, 5.74) is 1.63. The number of hydrogen-bond donors (Lipinski definition) is 3. The summed E-state index contributed by atoms with van der Waals surface area (Å²) >= 11 is 0. The van der Waals surface area contributed by atoms with E-state index in [-0.39, 0.29) is 23.8 Å². The summed E-state index contributed by atoms with van der Waals surface area (Å²) in [5.74, 6) is -0.251. The van der Waals surface area contributed by atoms with Crippen LogP contribution in [0.25, 0.3) is 0 Å². The summed E-state index contributed by atoms with van der Waals surface area (Å²) < 4.78 is 33.5. The summed E-state index contributed by atoms with van der Waals surface area (Å²) in [6.45, 7) is 1.73. The fraction of sp³-hybridized carbons (Fsp3) is 0.350. The van der Waals surface area contributed by atoms with Crippen molar-refractivity contribution in [1.82, 2.24) is 20.0 Å². The summed E-state index contributed by atoms with van der Waals surface area (Å²) in [5, 5.41) is 12.4. The number of ether oxygens (including phenoxy) is 1. The Labute approximate surface area is 175 Å². The van der Waals surface area contributed by atoms with E-state index in [0.717, 1.165) is 5.56 Å². The van der Waals surface area contributed by atoms with Crippen LogP contribution in [-0.2, 0) is 26.1 Å². The van der Waals surface area contributed by atoms with Gasteiger partial charge in [-0.25, -0.2) is 23.1 Å². The smallest absolute Gasteiger partial charge is 0.241 e. The maximum absolute atomic E-state index is 12.6. The van der Waals surface area contributed by atoms with E-state index >= 15 is 0 Å². The van der Waals surface area contributed by atoms with Crippen LogP contribution in [-0.4, -0.2) is 54.3 Å². The number of nitrogens with one attached hydrogen (secondary N) is 2. The van der Waals surface area contributed by atoms with E-state index in [2.05, 4.69) is 20.0 Å². The first-order valence-electron chi connectivity index (χ1n) is 9.42. The number of sulfonamides is 1. The third kappa shape index (κ3) is 5.92. The van der Waals surface area contributed by atoms with Crippen LogP contribution in [0.5, 0.6) is 0 Å². The van der Waals surface area contributed by atoms with Gasteiger partial charge in [0.1, 0.15) is 12.4 Å². The lowest BCUT2D eigenvalue weighted by Crippen LogP contribution is -2.49. The Morgan fingerprint density at radius 1 is 1.20 bits per heavy atom. The van der Waals surface area contributed by atoms with Gasteiger partial charge in [0.2, 0.25) is 15.9 Å². The zero-order valence-electron chi connectivity index (χ0n) is 16.4. The standard InChI is InChI=1S/C20H24N4O5S/c1-14-2-5-17(6-3-14)30(27,28)24-18-7-4-16(29-19(18)12-25)10-20(26)22-11-15-8-9-21-13-23-15/h2-9,13,16,18-19,24-25H,10-12H2,1H3,(H,22,26)/t16-,18-,19-/m0/s1. The lowest BCUT2D eigenvalue weighted by Gasteiger charge is -2.31. The number of benzene rings is 1. The Balaban J connectivity index is 1.58. The van der Waals surface area contributed by atoms with Gasteiger partial charge in [-0.2, -0.15) is 0 Å². The van der Waals surface area contributed by atoms with Gasteiger partial charge in [0.25, 0.3) is 0 Å². The van der Waals surface area contributed by atoms with E-state index in [1.54, 1.807) is 36.5 Å². The van der Waals surface area contributed by atoms with E-state index < -0.39 is 34.9 Å². The van der Waals surface area contributed by atoms with Gasteiger partial charge in [-0.1, -0.05) is 29.8 Å². The van der Waals surface area contributed by atoms with Crippen LogP contribution in [0.4, 0.5) is 0 Å². The summed E-state index contributed by atoms with van der Waals surface area (Å²) in [7, 11) is -3.78. The molecular weight excluding hydrogens is 408 g/mol. The molecule has 0 bridgehead atoms. The van der Waals surface area contributed by atoms with Crippen molar-refractivity contribution in [2.75, 3.05) is 6.61 Å². The molecule has 1 aliphatic heterocycles. The fourth-order valence-electron chi connectivity index (χ4n) is 2.94. The van der Waals surface area contributed by atoms with Crippen LogP contribution < -0.4 is 10.0 Å². The second-order valence-electron chi connectivity index (χ2n) is 6.92. The first-order valence-corrected chi connectivity index (χ1v) is 10.9. The molecule has 1 aromatic carbocycles. The largest absolute Gasteiger partial charge is 0.394 e. The molecular formula is C20H24N4O5S. The molecule has 160 valence electrons. The Bertz CT molecular complexity index is 980. The minimum Gasteiger partial charge on any atom is -0.394 e. The third-order valence-electron chi connectivity index (χ3n) is 4.58. The molecule has 30 heavy (non-hydrogen) atoms. The first kappa shape index (κ1) is 22.0. The van der Waals surface area contributed by atoms with Crippen molar-refractivity contribution in [3.8, 4) is 0 Å². The Morgan fingerprint density at radius 3 is 2.63 bits per heavy atom. The molecule has 1 aliphatic rings. The van der Waals surface area contributed by atoms with Crippen molar-refractivity contribution in [2.24, 2.45) is 0 Å².